The van der Waals surface area contributed by atoms with Gasteiger partial charge in [0.25, 0.3) is 5.91 Å². The number of hydrogen-bond acceptors (Lipinski definition) is 5. The minimum atomic E-state index is -0.905. The van der Waals surface area contributed by atoms with Crippen LogP contribution in [0.1, 0.15) is 29.6 Å². The Balaban J connectivity index is 1.59. The fourth-order valence-electron chi connectivity index (χ4n) is 3.18. The summed E-state index contributed by atoms with van der Waals surface area (Å²) < 4.78 is 0.454. The second-order valence-electron chi connectivity index (χ2n) is 7.34. The quantitative estimate of drug-likeness (QED) is 0.517. The van der Waals surface area contributed by atoms with Crippen molar-refractivity contribution < 1.29 is 14.7 Å². The van der Waals surface area contributed by atoms with E-state index in [-0.39, 0.29) is 40.3 Å². The number of anilines is 2. The topological polar surface area (TPSA) is 107 Å². The Bertz CT molecular complexity index is 1080. The van der Waals surface area contributed by atoms with Crippen LogP contribution in [-0.4, -0.2) is 40.4 Å². The molecule has 1 aliphatic heterocycles. The van der Waals surface area contributed by atoms with Crippen molar-refractivity contribution in [2.24, 2.45) is 11.0 Å². The maximum absolute atomic E-state index is 13.1. The fraction of sp³-hybridized carbons (Fsp3) is 0.300. The van der Waals surface area contributed by atoms with Gasteiger partial charge in [-0.3, -0.25) is 9.59 Å². The average molecular weight is 527 g/mol. The first-order chi connectivity index (χ1) is 14.8. The summed E-state index contributed by atoms with van der Waals surface area (Å²) in [4.78, 5) is 30.1. The third-order valence-electron chi connectivity index (χ3n) is 4.95. The average Bonchev–Trinajstić information content (AvgIpc) is 3.48. The van der Waals surface area contributed by atoms with E-state index in [0.717, 1.165) is 12.8 Å². The van der Waals surface area contributed by atoms with Gasteiger partial charge in [-0.2, -0.15) is 0 Å². The smallest absolute Gasteiger partial charge is 0.253 e. The Morgan fingerprint density at radius 3 is 2.77 bits per heavy atom. The molecular weight excluding hydrogens is 509 g/mol. The van der Waals surface area contributed by atoms with E-state index in [9.17, 15) is 14.7 Å². The van der Waals surface area contributed by atoms with Crippen LogP contribution in [0, 0.1) is 5.92 Å². The first-order valence-corrected chi connectivity index (χ1v) is 11.1. The summed E-state index contributed by atoms with van der Waals surface area (Å²) in [5, 5.41) is 21.5. The molecule has 1 aromatic carbocycles. The summed E-state index contributed by atoms with van der Waals surface area (Å²) in [5.74, 6) is -0.306. The maximum atomic E-state index is 13.1. The standard InChI is InChI=1S/C20H18BrCl2N5O3/c21-13-7-11(22)6-12(19(30)25-9-10-3-4-10)17(13)26-20(31)15-8-16(29)27-28(15)18-14(23)2-1-5-24-18/h1-2,5-7,10,15H,3-4,8-9H2,(H,25,30)(H,26,31)(H,27,29). The number of hydrogen-bond donors (Lipinski definition) is 3. The zero-order valence-corrected chi connectivity index (χ0v) is 19.2. The van der Waals surface area contributed by atoms with Gasteiger partial charge in [0.15, 0.2) is 5.82 Å². The maximum Gasteiger partial charge on any atom is 0.253 e. The van der Waals surface area contributed by atoms with Gasteiger partial charge in [-0.05, 0) is 59.0 Å². The molecule has 0 bridgehead atoms. The van der Waals surface area contributed by atoms with Gasteiger partial charge >= 0.3 is 0 Å². The minimum Gasteiger partial charge on any atom is -0.495 e. The van der Waals surface area contributed by atoms with Crippen LogP contribution in [0.15, 0.2) is 40.0 Å². The van der Waals surface area contributed by atoms with Crippen LogP contribution in [0.5, 0.6) is 0 Å². The molecule has 162 valence electrons. The lowest BCUT2D eigenvalue weighted by molar-refractivity contribution is -0.117. The summed E-state index contributed by atoms with van der Waals surface area (Å²) >= 11 is 15.7. The van der Waals surface area contributed by atoms with Crippen LogP contribution < -0.4 is 15.6 Å². The molecule has 8 nitrogen and oxygen atoms in total. The highest BCUT2D eigenvalue weighted by Gasteiger charge is 2.36. The zero-order valence-electron chi connectivity index (χ0n) is 16.1. The van der Waals surface area contributed by atoms with Gasteiger partial charge in [0.1, 0.15) is 6.04 Å². The number of carbonyl (C=O) groups excluding carboxylic acids is 2. The van der Waals surface area contributed by atoms with Crippen molar-refractivity contribution in [1.29, 1.82) is 0 Å². The highest BCUT2D eigenvalue weighted by molar-refractivity contribution is 9.10. The minimum absolute atomic E-state index is 0.0346. The molecule has 1 fully saturated rings. The van der Waals surface area contributed by atoms with Crippen LogP contribution >= 0.6 is 39.1 Å². The molecule has 11 heteroatoms. The molecule has 1 aromatic heterocycles. The number of pyridine rings is 1. The number of nitrogens with one attached hydrogen (secondary N) is 2. The van der Waals surface area contributed by atoms with E-state index in [2.05, 4.69) is 36.6 Å². The second-order valence-corrected chi connectivity index (χ2v) is 9.04. The summed E-state index contributed by atoms with van der Waals surface area (Å²) in [6.45, 7) is 0.576. The van der Waals surface area contributed by atoms with Crippen molar-refractivity contribution in [1.82, 2.24) is 10.3 Å². The molecule has 1 unspecified atom stereocenters. The van der Waals surface area contributed by atoms with E-state index in [1.165, 1.54) is 17.3 Å². The number of halogens is 3. The van der Waals surface area contributed by atoms with E-state index >= 15 is 0 Å². The molecule has 0 saturated heterocycles. The number of aliphatic hydroxyl groups excluding tert-OH is 1. The number of carbonyl (C=O) groups is 2. The molecule has 0 radical (unpaired) electrons. The molecule has 3 N–H and O–H groups in total. The van der Waals surface area contributed by atoms with Gasteiger partial charge in [0.2, 0.25) is 11.8 Å². The van der Waals surface area contributed by atoms with Crippen LogP contribution in [0.4, 0.5) is 11.5 Å². The summed E-state index contributed by atoms with van der Waals surface area (Å²) in [6, 6.07) is 5.45. The van der Waals surface area contributed by atoms with Crippen molar-refractivity contribution >= 4 is 68.3 Å². The van der Waals surface area contributed by atoms with Crippen molar-refractivity contribution in [2.75, 3.05) is 16.9 Å². The van der Waals surface area contributed by atoms with E-state index in [1.807, 2.05) is 0 Å². The van der Waals surface area contributed by atoms with Crippen molar-refractivity contribution in [3.8, 4) is 0 Å². The molecule has 2 amide bonds. The summed E-state index contributed by atoms with van der Waals surface area (Å²) in [5.41, 5.74) is 0.514. The number of nitrogens with zero attached hydrogens (tertiary/aromatic N) is 3. The second kappa shape index (κ2) is 9.02. The Kier molecular flexibility index (Phi) is 6.36. The van der Waals surface area contributed by atoms with Gasteiger partial charge in [0.05, 0.1) is 22.7 Å². The predicted octanol–water partition coefficient (Wildman–Crippen LogP) is 4.38. The van der Waals surface area contributed by atoms with Gasteiger partial charge < -0.3 is 15.7 Å². The van der Waals surface area contributed by atoms with E-state index in [4.69, 9.17) is 23.2 Å². The highest BCUT2D eigenvalue weighted by Crippen LogP contribution is 2.34. The molecule has 0 spiro atoms. The number of benzene rings is 1. The number of rotatable bonds is 6. The molecule has 31 heavy (non-hydrogen) atoms. The van der Waals surface area contributed by atoms with Gasteiger partial charge in [-0.15, -0.1) is 5.10 Å². The van der Waals surface area contributed by atoms with Gasteiger partial charge in [-0.1, -0.05) is 23.2 Å². The SMILES string of the molecule is O=C(NCC1CC1)c1cc(Cl)cc(Br)c1NC(=O)C1CC(O)=NN1c1ncccc1Cl. The summed E-state index contributed by atoms with van der Waals surface area (Å²) in [7, 11) is 0. The molecule has 1 aliphatic carbocycles. The number of aromatic nitrogens is 1. The predicted molar refractivity (Wildman–Crippen MR) is 123 cm³/mol. The highest BCUT2D eigenvalue weighted by atomic mass is 79.9. The lowest BCUT2D eigenvalue weighted by Crippen LogP contribution is -2.39. The van der Waals surface area contributed by atoms with E-state index in [1.54, 1.807) is 18.2 Å². The van der Waals surface area contributed by atoms with Gasteiger partial charge in [-0.25, -0.2) is 9.99 Å². The number of amides is 2. The van der Waals surface area contributed by atoms with E-state index < -0.39 is 11.9 Å². The Hall–Kier alpha value is -2.36. The largest absolute Gasteiger partial charge is 0.495 e. The monoisotopic (exact) mass is 525 g/mol. The third-order valence-corrected chi connectivity index (χ3v) is 6.09. The Morgan fingerprint density at radius 1 is 1.29 bits per heavy atom. The lowest BCUT2D eigenvalue weighted by Gasteiger charge is -2.23. The van der Waals surface area contributed by atoms with E-state index in [0.29, 0.717) is 22.0 Å². The van der Waals surface area contributed by atoms with Crippen molar-refractivity contribution in [2.45, 2.75) is 25.3 Å². The molecule has 1 atom stereocenters. The van der Waals surface area contributed by atoms with Crippen LogP contribution in [0.2, 0.25) is 10.0 Å². The molecule has 2 aliphatic rings. The normalized spacial score (nSPS) is 18.0. The van der Waals surface area contributed by atoms with Gasteiger partial charge in [0, 0.05) is 22.2 Å². The molecule has 2 aromatic rings. The number of aliphatic hydroxyl groups is 1. The lowest BCUT2D eigenvalue weighted by atomic mass is 10.1. The van der Waals surface area contributed by atoms with Crippen LogP contribution in [0.3, 0.4) is 0 Å². The van der Waals surface area contributed by atoms with Crippen molar-refractivity contribution in [3.63, 3.8) is 0 Å². The molecule has 4 rings (SSSR count). The third kappa shape index (κ3) is 4.94. The van der Waals surface area contributed by atoms with Crippen LogP contribution in [0.25, 0.3) is 0 Å². The molecule has 1 saturated carbocycles. The first-order valence-electron chi connectivity index (χ1n) is 9.57. The molecule has 2 heterocycles. The molecular formula is C20H18BrCl2N5O3. The van der Waals surface area contributed by atoms with Crippen molar-refractivity contribution in [3.05, 3.63) is 50.5 Å². The first kappa shape index (κ1) is 21.9. The summed E-state index contributed by atoms with van der Waals surface area (Å²) in [6.07, 6.45) is 3.67. The van der Waals surface area contributed by atoms with Crippen LogP contribution in [-0.2, 0) is 4.79 Å². The Labute approximate surface area is 196 Å². The fourth-order valence-corrected chi connectivity index (χ4v) is 4.30. The number of hydrazone groups is 1. The zero-order chi connectivity index (χ0) is 22.1. The Morgan fingerprint density at radius 2 is 2.06 bits per heavy atom.